The van der Waals surface area contributed by atoms with Gasteiger partial charge in [0.1, 0.15) is 11.5 Å². The zero-order valence-corrected chi connectivity index (χ0v) is 15.9. The SMILES string of the molecule is C=CCC1C(CCC(=O)Cc2cccc(OC)c2)=CC=C1c1ccccc1. The Bertz CT molecular complexity index is 859. The molecular formula is C25H26O2. The number of benzene rings is 2. The molecule has 0 radical (unpaired) electrons. The standard InChI is InChI=1S/C25H26O2/c1-3-8-24-21(14-16-25(24)20-10-5-4-6-11-20)13-15-22(26)17-19-9-7-12-23(18-19)27-2/h3-7,9-12,14,16,18,24H,1,8,13,15,17H2,2H3. The first kappa shape index (κ1) is 18.9. The van der Waals surface area contributed by atoms with Gasteiger partial charge in [0.15, 0.2) is 0 Å². The van der Waals surface area contributed by atoms with Crippen molar-refractivity contribution in [3.8, 4) is 5.75 Å². The van der Waals surface area contributed by atoms with Crippen LogP contribution in [0.25, 0.3) is 5.57 Å². The zero-order chi connectivity index (χ0) is 19.1. The number of hydrogen-bond donors (Lipinski definition) is 0. The fourth-order valence-corrected chi connectivity index (χ4v) is 3.64. The van der Waals surface area contributed by atoms with Crippen LogP contribution in [0, 0.1) is 5.92 Å². The molecule has 0 aromatic heterocycles. The van der Waals surface area contributed by atoms with E-state index in [2.05, 4.69) is 43.0 Å². The van der Waals surface area contributed by atoms with E-state index in [1.165, 1.54) is 16.7 Å². The minimum absolute atomic E-state index is 0.259. The van der Waals surface area contributed by atoms with Gasteiger partial charge >= 0.3 is 0 Å². The highest BCUT2D eigenvalue weighted by atomic mass is 16.5. The van der Waals surface area contributed by atoms with Crippen LogP contribution in [0.1, 0.15) is 30.4 Å². The molecular weight excluding hydrogens is 332 g/mol. The van der Waals surface area contributed by atoms with Crippen LogP contribution < -0.4 is 4.74 Å². The molecule has 0 saturated carbocycles. The van der Waals surface area contributed by atoms with Crippen molar-refractivity contribution >= 4 is 11.4 Å². The maximum Gasteiger partial charge on any atom is 0.137 e. The van der Waals surface area contributed by atoms with E-state index in [-0.39, 0.29) is 5.78 Å². The average molecular weight is 358 g/mol. The fraction of sp³-hybridized carbons (Fsp3) is 0.240. The molecule has 27 heavy (non-hydrogen) atoms. The van der Waals surface area contributed by atoms with Crippen molar-refractivity contribution in [3.63, 3.8) is 0 Å². The van der Waals surface area contributed by atoms with Gasteiger partial charge in [-0.3, -0.25) is 4.79 Å². The summed E-state index contributed by atoms with van der Waals surface area (Å²) < 4.78 is 5.24. The van der Waals surface area contributed by atoms with E-state index < -0.39 is 0 Å². The summed E-state index contributed by atoms with van der Waals surface area (Å²) in [6.07, 6.45) is 9.08. The lowest BCUT2D eigenvalue weighted by molar-refractivity contribution is -0.118. The Kier molecular flexibility index (Phi) is 6.43. The van der Waals surface area contributed by atoms with Crippen molar-refractivity contribution < 1.29 is 9.53 Å². The van der Waals surface area contributed by atoms with E-state index in [1.807, 2.05) is 36.4 Å². The lowest BCUT2D eigenvalue weighted by Crippen LogP contribution is -2.07. The van der Waals surface area contributed by atoms with Crippen LogP contribution in [0.2, 0.25) is 0 Å². The van der Waals surface area contributed by atoms with E-state index in [0.717, 1.165) is 24.2 Å². The summed E-state index contributed by atoms with van der Waals surface area (Å²) in [6, 6.07) is 18.2. The van der Waals surface area contributed by atoms with Gasteiger partial charge in [-0.25, -0.2) is 0 Å². The predicted octanol–water partition coefficient (Wildman–Crippen LogP) is 5.80. The van der Waals surface area contributed by atoms with Crippen LogP contribution >= 0.6 is 0 Å². The smallest absolute Gasteiger partial charge is 0.137 e. The third-order valence-electron chi connectivity index (χ3n) is 5.04. The molecule has 1 aliphatic rings. The Balaban J connectivity index is 1.60. The number of carbonyl (C=O) groups is 1. The van der Waals surface area contributed by atoms with Gasteiger partial charge in [0.25, 0.3) is 0 Å². The highest BCUT2D eigenvalue weighted by molar-refractivity contribution is 5.82. The maximum atomic E-state index is 12.5. The number of allylic oxidation sites excluding steroid dienone is 5. The molecule has 1 aliphatic carbocycles. The first-order valence-electron chi connectivity index (χ1n) is 9.43. The van der Waals surface area contributed by atoms with E-state index in [4.69, 9.17) is 4.74 Å². The first-order chi connectivity index (χ1) is 13.2. The molecule has 2 nitrogen and oxygen atoms in total. The summed E-state index contributed by atoms with van der Waals surface area (Å²) in [5, 5.41) is 0. The number of Topliss-reactive ketones (excluding diaryl/α,β-unsaturated/α-hetero) is 1. The van der Waals surface area contributed by atoms with E-state index in [9.17, 15) is 4.79 Å². The zero-order valence-electron chi connectivity index (χ0n) is 15.9. The molecule has 0 aliphatic heterocycles. The van der Waals surface area contributed by atoms with Crippen molar-refractivity contribution in [2.24, 2.45) is 5.92 Å². The Morgan fingerprint density at radius 1 is 1.11 bits per heavy atom. The Labute approximate surface area is 161 Å². The highest BCUT2D eigenvalue weighted by Gasteiger charge is 2.23. The second-order valence-corrected chi connectivity index (χ2v) is 6.87. The van der Waals surface area contributed by atoms with Crippen LogP contribution in [-0.4, -0.2) is 12.9 Å². The van der Waals surface area contributed by atoms with Gasteiger partial charge in [0.2, 0.25) is 0 Å². The minimum Gasteiger partial charge on any atom is -0.497 e. The van der Waals surface area contributed by atoms with Crippen LogP contribution in [0.3, 0.4) is 0 Å². The summed E-state index contributed by atoms with van der Waals surface area (Å²) in [5.41, 5.74) is 4.90. The molecule has 0 spiro atoms. The van der Waals surface area contributed by atoms with Gasteiger partial charge in [-0.2, -0.15) is 0 Å². The Hall–Kier alpha value is -2.87. The van der Waals surface area contributed by atoms with E-state index in [1.54, 1.807) is 7.11 Å². The molecule has 0 saturated heterocycles. The Morgan fingerprint density at radius 3 is 2.67 bits per heavy atom. The number of ether oxygens (including phenoxy) is 1. The van der Waals surface area contributed by atoms with Crippen LogP contribution in [-0.2, 0) is 11.2 Å². The number of methoxy groups -OCH3 is 1. The summed E-state index contributed by atoms with van der Waals surface area (Å²) >= 11 is 0. The molecule has 2 aromatic rings. The number of hydrogen-bond acceptors (Lipinski definition) is 2. The maximum absolute atomic E-state index is 12.5. The molecule has 0 bridgehead atoms. The van der Waals surface area contributed by atoms with Crippen molar-refractivity contribution in [1.29, 1.82) is 0 Å². The predicted molar refractivity (Wildman–Crippen MR) is 112 cm³/mol. The van der Waals surface area contributed by atoms with Gasteiger partial charge in [-0.05, 0) is 41.7 Å². The molecule has 0 heterocycles. The normalized spacial score (nSPS) is 15.8. The minimum atomic E-state index is 0.259. The molecule has 0 fully saturated rings. The number of carbonyl (C=O) groups excluding carboxylic acids is 1. The second-order valence-electron chi connectivity index (χ2n) is 6.87. The third-order valence-corrected chi connectivity index (χ3v) is 5.04. The molecule has 0 N–H and O–H groups in total. The van der Waals surface area contributed by atoms with Gasteiger partial charge in [0.05, 0.1) is 7.11 Å². The van der Waals surface area contributed by atoms with Crippen molar-refractivity contribution in [1.82, 2.24) is 0 Å². The molecule has 1 unspecified atom stereocenters. The third kappa shape index (κ3) is 4.85. The van der Waals surface area contributed by atoms with Crippen LogP contribution in [0.4, 0.5) is 0 Å². The Morgan fingerprint density at radius 2 is 1.93 bits per heavy atom. The largest absolute Gasteiger partial charge is 0.497 e. The molecule has 0 amide bonds. The summed E-state index contributed by atoms with van der Waals surface area (Å²) in [6.45, 7) is 3.92. The summed E-state index contributed by atoms with van der Waals surface area (Å²) in [4.78, 5) is 12.5. The van der Waals surface area contributed by atoms with Crippen molar-refractivity contribution in [2.75, 3.05) is 7.11 Å². The monoisotopic (exact) mass is 358 g/mol. The van der Waals surface area contributed by atoms with Gasteiger partial charge < -0.3 is 4.74 Å². The van der Waals surface area contributed by atoms with Crippen LogP contribution in [0.5, 0.6) is 5.75 Å². The molecule has 2 heteroatoms. The molecule has 138 valence electrons. The van der Waals surface area contributed by atoms with E-state index in [0.29, 0.717) is 18.8 Å². The lowest BCUT2D eigenvalue weighted by Gasteiger charge is -2.18. The lowest BCUT2D eigenvalue weighted by atomic mass is 9.86. The average Bonchev–Trinajstić information content (AvgIpc) is 3.10. The highest BCUT2D eigenvalue weighted by Crippen LogP contribution is 2.39. The van der Waals surface area contributed by atoms with Crippen LogP contribution in [0.15, 0.2) is 85.0 Å². The number of rotatable bonds is 9. The topological polar surface area (TPSA) is 26.3 Å². The molecule has 2 aromatic carbocycles. The van der Waals surface area contributed by atoms with Crippen molar-refractivity contribution in [2.45, 2.75) is 25.7 Å². The number of ketones is 1. The van der Waals surface area contributed by atoms with Gasteiger partial charge in [-0.1, -0.05) is 66.3 Å². The molecule has 3 rings (SSSR count). The quantitative estimate of drug-likeness (QED) is 0.529. The van der Waals surface area contributed by atoms with E-state index >= 15 is 0 Å². The summed E-state index contributed by atoms with van der Waals surface area (Å²) in [5.74, 6) is 1.38. The van der Waals surface area contributed by atoms with Crippen molar-refractivity contribution in [3.05, 3.63) is 96.1 Å². The molecule has 1 atom stereocenters. The van der Waals surface area contributed by atoms with Gasteiger partial charge in [-0.15, -0.1) is 6.58 Å². The fourth-order valence-electron chi connectivity index (χ4n) is 3.64. The summed E-state index contributed by atoms with van der Waals surface area (Å²) in [7, 11) is 1.64. The van der Waals surface area contributed by atoms with Gasteiger partial charge in [0, 0.05) is 18.8 Å². The first-order valence-corrected chi connectivity index (χ1v) is 9.43. The second kappa shape index (κ2) is 9.18.